The number of carbonyl (C=O) groups is 1. The molecular formula is C13H7BrCl2N2O3. The predicted molar refractivity (Wildman–Crippen MR) is 85.2 cm³/mol. The van der Waals surface area contributed by atoms with Crippen LogP contribution in [0.4, 0.5) is 11.4 Å². The molecule has 0 aliphatic rings. The quantitative estimate of drug-likeness (QED) is 0.598. The average Bonchev–Trinajstić information content (AvgIpc) is 2.39. The van der Waals surface area contributed by atoms with Crippen molar-refractivity contribution in [3.05, 3.63) is 66.6 Å². The fourth-order valence-electron chi connectivity index (χ4n) is 1.60. The minimum Gasteiger partial charge on any atom is -0.321 e. The molecule has 0 radical (unpaired) electrons. The molecule has 2 aromatic carbocycles. The molecule has 0 saturated carbocycles. The number of carbonyl (C=O) groups excluding carboxylic acids is 1. The molecule has 0 aliphatic heterocycles. The Morgan fingerprint density at radius 1 is 1.19 bits per heavy atom. The summed E-state index contributed by atoms with van der Waals surface area (Å²) in [6.07, 6.45) is 0. The lowest BCUT2D eigenvalue weighted by molar-refractivity contribution is -0.384. The summed E-state index contributed by atoms with van der Waals surface area (Å²) in [4.78, 5) is 22.2. The minimum absolute atomic E-state index is 0.0821. The number of nitrogens with one attached hydrogen (secondary N) is 1. The first-order valence-corrected chi connectivity index (χ1v) is 7.13. The Morgan fingerprint density at radius 2 is 1.90 bits per heavy atom. The molecule has 108 valence electrons. The van der Waals surface area contributed by atoms with Gasteiger partial charge in [-0.25, -0.2) is 0 Å². The van der Waals surface area contributed by atoms with Gasteiger partial charge in [0.1, 0.15) is 0 Å². The monoisotopic (exact) mass is 388 g/mol. The molecule has 1 N–H and O–H groups in total. The molecule has 1 amide bonds. The second kappa shape index (κ2) is 6.43. The van der Waals surface area contributed by atoms with Crippen LogP contribution >= 0.6 is 39.1 Å². The van der Waals surface area contributed by atoms with E-state index in [2.05, 4.69) is 21.2 Å². The van der Waals surface area contributed by atoms with Crippen molar-refractivity contribution < 1.29 is 9.72 Å². The van der Waals surface area contributed by atoms with Crippen molar-refractivity contribution in [2.45, 2.75) is 0 Å². The highest BCUT2D eigenvalue weighted by molar-refractivity contribution is 9.10. The van der Waals surface area contributed by atoms with E-state index in [-0.39, 0.29) is 16.4 Å². The van der Waals surface area contributed by atoms with Crippen LogP contribution in [0, 0.1) is 10.1 Å². The van der Waals surface area contributed by atoms with Crippen LogP contribution in [0.5, 0.6) is 0 Å². The normalized spacial score (nSPS) is 10.2. The van der Waals surface area contributed by atoms with E-state index in [0.717, 1.165) is 0 Å². The van der Waals surface area contributed by atoms with Gasteiger partial charge < -0.3 is 5.32 Å². The molecule has 0 saturated heterocycles. The zero-order chi connectivity index (χ0) is 15.6. The number of hydrogen-bond acceptors (Lipinski definition) is 3. The van der Waals surface area contributed by atoms with Crippen molar-refractivity contribution in [2.24, 2.45) is 0 Å². The SMILES string of the molecule is O=C(Nc1ccc([N+](=O)[O-])cc1Cl)c1cc(Cl)cc(Br)c1. The van der Waals surface area contributed by atoms with Gasteiger partial charge in [-0.1, -0.05) is 39.1 Å². The lowest BCUT2D eigenvalue weighted by atomic mass is 10.2. The van der Waals surface area contributed by atoms with Crippen LogP contribution in [0.1, 0.15) is 10.4 Å². The first-order chi connectivity index (χ1) is 9.86. The molecule has 21 heavy (non-hydrogen) atoms. The number of anilines is 1. The van der Waals surface area contributed by atoms with Crippen molar-refractivity contribution in [2.75, 3.05) is 5.32 Å². The van der Waals surface area contributed by atoms with Gasteiger partial charge >= 0.3 is 0 Å². The zero-order valence-corrected chi connectivity index (χ0v) is 13.4. The van der Waals surface area contributed by atoms with Crippen LogP contribution in [0.15, 0.2) is 40.9 Å². The maximum atomic E-state index is 12.1. The van der Waals surface area contributed by atoms with Crippen LogP contribution in [0.25, 0.3) is 0 Å². The average molecular weight is 390 g/mol. The summed E-state index contributed by atoms with van der Waals surface area (Å²) in [5.41, 5.74) is 0.468. The third-order valence-electron chi connectivity index (χ3n) is 2.54. The van der Waals surface area contributed by atoms with Crippen LogP contribution in [0.3, 0.4) is 0 Å². The van der Waals surface area contributed by atoms with Crippen molar-refractivity contribution in [1.82, 2.24) is 0 Å². The third-order valence-corrected chi connectivity index (χ3v) is 3.53. The number of nitro benzene ring substituents is 1. The van der Waals surface area contributed by atoms with Gasteiger partial charge in [-0.3, -0.25) is 14.9 Å². The zero-order valence-electron chi connectivity index (χ0n) is 10.3. The maximum absolute atomic E-state index is 12.1. The summed E-state index contributed by atoms with van der Waals surface area (Å²) >= 11 is 15.0. The van der Waals surface area contributed by atoms with E-state index < -0.39 is 10.8 Å². The third kappa shape index (κ3) is 3.93. The molecule has 0 aliphatic carbocycles. The smallest absolute Gasteiger partial charge is 0.271 e. The molecule has 0 spiro atoms. The van der Waals surface area contributed by atoms with E-state index in [1.807, 2.05) is 0 Å². The summed E-state index contributed by atoms with van der Waals surface area (Å²) in [5, 5.41) is 13.7. The number of nitrogens with zero attached hydrogens (tertiary/aromatic N) is 1. The molecule has 0 aromatic heterocycles. The standard InChI is InChI=1S/C13H7BrCl2N2O3/c14-8-3-7(4-9(15)5-8)13(19)17-12-2-1-10(18(20)21)6-11(12)16/h1-6H,(H,17,19). The van der Waals surface area contributed by atoms with Crippen molar-refractivity contribution in [1.29, 1.82) is 0 Å². The Balaban J connectivity index is 2.25. The number of amides is 1. The van der Waals surface area contributed by atoms with Crippen molar-refractivity contribution in [3.8, 4) is 0 Å². The number of benzene rings is 2. The molecule has 8 heteroatoms. The summed E-state index contributed by atoms with van der Waals surface area (Å²) in [6, 6.07) is 8.55. The first kappa shape index (κ1) is 15.8. The Labute approximate surface area is 138 Å². The van der Waals surface area contributed by atoms with Crippen molar-refractivity contribution in [3.63, 3.8) is 0 Å². The van der Waals surface area contributed by atoms with E-state index in [4.69, 9.17) is 23.2 Å². The topological polar surface area (TPSA) is 72.2 Å². The van der Waals surface area contributed by atoms with E-state index in [1.54, 1.807) is 12.1 Å². The Morgan fingerprint density at radius 3 is 2.48 bits per heavy atom. The molecule has 0 heterocycles. The summed E-state index contributed by atoms with van der Waals surface area (Å²) in [6.45, 7) is 0. The van der Waals surface area contributed by atoms with Crippen LogP contribution < -0.4 is 5.32 Å². The van der Waals surface area contributed by atoms with E-state index >= 15 is 0 Å². The number of hydrogen-bond donors (Lipinski definition) is 1. The Kier molecular flexibility index (Phi) is 4.82. The van der Waals surface area contributed by atoms with Gasteiger partial charge in [-0.2, -0.15) is 0 Å². The number of non-ortho nitro benzene ring substituents is 1. The predicted octanol–water partition coefficient (Wildman–Crippen LogP) is 4.92. The van der Waals surface area contributed by atoms with Gasteiger partial charge in [0, 0.05) is 27.2 Å². The van der Waals surface area contributed by atoms with Gasteiger partial charge in [0.05, 0.1) is 15.6 Å². The molecular weight excluding hydrogens is 383 g/mol. The molecule has 0 unspecified atom stereocenters. The summed E-state index contributed by atoms with van der Waals surface area (Å²) in [5.74, 6) is -0.422. The highest BCUT2D eigenvalue weighted by Gasteiger charge is 2.13. The van der Waals surface area contributed by atoms with Gasteiger partial charge in [-0.05, 0) is 24.3 Å². The van der Waals surface area contributed by atoms with Gasteiger partial charge in [0.2, 0.25) is 0 Å². The molecule has 0 fully saturated rings. The maximum Gasteiger partial charge on any atom is 0.271 e. The fraction of sp³-hybridized carbons (Fsp3) is 0. The highest BCUT2D eigenvalue weighted by atomic mass is 79.9. The molecule has 0 bridgehead atoms. The second-order valence-corrected chi connectivity index (χ2v) is 5.79. The minimum atomic E-state index is -0.564. The summed E-state index contributed by atoms with van der Waals surface area (Å²) in [7, 11) is 0. The Bertz CT molecular complexity index is 717. The number of halogens is 3. The van der Waals surface area contributed by atoms with E-state index in [1.165, 1.54) is 24.3 Å². The van der Waals surface area contributed by atoms with Crippen LogP contribution in [0.2, 0.25) is 10.0 Å². The molecule has 5 nitrogen and oxygen atoms in total. The number of rotatable bonds is 3. The largest absolute Gasteiger partial charge is 0.321 e. The van der Waals surface area contributed by atoms with Crippen LogP contribution in [-0.2, 0) is 0 Å². The number of nitro groups is 1. The lowest BCUT2D eigenvalue weighted by Crippen LogP contribution is -2.12. The molecule has 0 atom stereocenters. The lowest BCUT2D eigenvalue weighted by Gasteiger charge is -2.08. The fourth-order valence-corrected chi connectivity index (χ4v) is 2.68. The second-order valence-electron chi connectivity index (χ2n) is 4.03. The van der Waals surface area contributed by atoms with E-state index in [0.29, 0.717) is 15.1 Å². The molecule has 2 rings (SSSR count). The van der Waals surface area contributed by atoms with E-state index in [9.17, 15) is 14.9 Å². The summed E-state index contributed by atoms with van der Waals surface area (Å²) < 4.78 is 0.662. The Hall–Kier alpha value is -1.63. The van der Waals surface area contributed by atoms with Gasteiger partial charge in [0.25, 0.3) is 11.6 Å². The molecule has 2 aromatic rings. The van der Waals surface area contributed by atoms with Crippen LogP contribution in [-0.4, -0.2) is 10.8 Å². The van der Waals surface area contributed by atoms with Gasteiger partial charge in [-0.15, -0.1) is 0 Å². The van der Waals surface area contributed by atoms with Crippen molar-refractivity contribution >= 4 is 56.4 Å². The highest BCUT2D eigenvalue weighted by Crippen LogP contribution is 2.27. The first-order valence-electron chi connectivity index (χ1n) is 5.58. The van der Waals surface area contributed by atoms with Gasteiger partial charge in [0.15, 0.2) is 0 Å².